The summed E-state index contributed by atoms with van der Waals surface area (Å²) in [5, 5.41) is 7.72. The highest BCUT2D eigenvalue weighted by molar-refractivity contribution is 7.10. The molecule has 3 aromatic rings. The fourth-order valence-electron chi connectivity index (χ4n) is 2.38. The molecule has 2 aromatic heterocycles. The van der Waals surface area contributed by atoms with E-state index in [-0.39, 0.29) is 23.6 Å². The second-order valence-corrected chi connectivity index (χ2v) is 6.65. The summed E-state index contributed by atoms with van der Waals surface area (Å²) in [7, 11) is 0. The highest BCUT2D eigenvalue weighted by Gasteiger charge is 2.15. The molecule has 128 valence electrons. The minimum absolute atomic E-state index is 0.0741. The van der Waals surface area contributed by atoms with Crippen molar-refractivity contribution >= 4 is 28.8 Å². The number of nitrogens with one attached hydrogen (secondary N) is 2. The number of benzene rings is 1. The smallest absolute Gasteiger partial charge is 0.291 e. The topological polar surface area (TPSA) is 71.3 Å². The summed E-state index contributed by atoms with van der Waals surface area (Å²) in [5.74, 6) is -0.312. The predicted octanol–water partition coefficient (Wildman–Crippen LogP) is 4.39. The number of hydrogen-bond acceptors (Lipinski definition) is 4. The van der Waals surface area contributed by atoms with Gasteiger partial charge >= 0.3 is 0 Å². The van der Waals surface area contributed by atoms with Crippen molar-refractivity contribution in [1.29, 1.82) is 0 Å². The third kappa shape index (κ3) is 3.97. The van der Waals surface area contributed by atoms with Crippen LogP contribution in [0.15, 0.2) is 58.5 Å². The van der Waals surface area contributed by atoms with Gasteiger partial charge in [-0.05, 0) is 55.1 Å². The van der Waals surface area contributed by atoms with E-state index in [4.69, 9.17) is 4.42 Å². The van der Waals surface area contributed by atoms with Crippen molar-refractivity contribution < 1.29 is 14.0 Å². The lowest BCUT2D eigenvalue weighted by atomic mass is 10.1. The van der Waals surface area contributed by atoms with Crippen LogP contribution in [0.25, 0.3) is 0 Å². The van der Waals surface area contributed by atoms with Crippen LogP contribution in [0.2, 0.25) is 0 Å². The van der Waals surface area contributed by atoms with Crippen LogP contribution in [0.4, 0.5) is 5.69 Å². The molecule has 1 aromatic carbocycles. The number of carbonyl (C=O) groups is 2. The van der Waals surface area contributed by atoms with Crippen molar-refractivity contribution in [2.75, 3.05) is 5.32 Å². The standard InChI is InChI=1S/C19H18N2O3S/c1-12-7-8-14(18(22)20-13(2)17-6-4-10-25-17)11-15(12)21-19(23)16-5-3-9-24-16/h3-11,13H,1-2H3,(H,20,22)(H,21,23). The molecule has 0 aliphatic heterocycles. The van der Waals surface area contributed by atoms with E-state index in [1.807, 2.05) is 37.4 Å². The first kappa shape index (κ1) is 17.0. The molecule has 0 aliphatic rings. The second kappa shape index (κ2) is 7.36. The lowest BCUT2D eigenvalue weighted by Gasteiger charge is -2.14. The number of thiophene rings is 1. The van der Waals surface area contributed by atoms with Crippen molar-refractivity contribution in [1.82, 2.24) is 5.32 Å². The molecule has 1 unspecified atom stereocenters. The molecule has 2 heterocycles. The number of carbonyl (C=O) groups excluding carboxylic acids is 2. The van der Waals surface area contributed by atoms with Crippen molar-refractivity contribution in [3.63, 3.8) is 0 Å². The van der Waals surface area contributed by atoms with Gasteiger partial charge in [-0.25, -0.2) is 0 Å². The fourth-order valence-corrected chi connectivity index (χ4v) is 3.11. The molecule has 0 bridgehead atoms. The summed E-state index contributed by atoms with van der Waals surface area (Å²) in [6.07, 6.45) is 1.44. The van der Waals surface area contributed by atoms with Crippen LogP contribution < -0.4 is 10.6 Å². The Morgan fingerprint density at radius 3 is 2.64 bits per heavy atom. The van der Waals surface area contributed by atoms with Gasteiger partial charge in [0.25, 0.3) is 11.8 Å². The maximum Gasteiger partial charge on any atom is 0.291 e. The molecular formula is C19H18N2O3S. The number of anilines is 1. The quantitative estimate of drug-likeness (QED) is 0.714. The molecule has 0 fully saturated rings. The number of aryl methyl sites for hydroxylation is 1. The van der Waals surface area contributed by atoms with Crippen molar-refractivity contribution in [2.45, 2.75) is 19.9 Å². The van der Waals surface area contributed by atoms with Crippen LogP contribution in [-0.4, -0.2) is 11.8 Å². The zero-order valence-electron chi connectivity index (χ0n) is 13.9. The van der Waals surface area contributed by atoms with Gasteiger partial charge in [0.1, 0.15) is 0 Å². The Morgan fingerprint density at radius 2 is 1.96 bits per heavy atom. The van der Waals surface area contributed by atoms with Gasteiger partial charge in [0, 0.05) is 16.1 Å². The van der Waals surface area contributed by atoms with Crippen LogP contribution in [0.3, 0.4) is 0 Å². The molecular weight excluding hydrogens is 336 g/mol. The normalized spacial score (nSPS) is 11.8. The Labute approximate surface area is 149 Å². The predicted molar refractivity (Wildman–Crippen MR) is 98.0 cm³/mol. The summed E-state index contributed by atoms with van der Waals surface area (Å²) in [6.45, 7) is 3.81. The lowest BCUT2D eigenvalue weighted by molar-refractivity contribution is 0.0938. The van der Waals surface area contributed by atoms with Gasteiger partial charge in [0.2, 0.25) is 0 Å². The molecule has 2 N–H and O–H groups in total. The summed E-state index contributed by atoms with van der Waals surface area (Å²) in [6, 6.07) is 12.3. The zero-order chi connectivity index (χ0) is 17.8. The molecule has 0 aliphatic carbocycles. The Bertz CT molecular complexity index is 870. The first-order chi connectivity index (χ1) is 12.0. The largest absolute Gasteiger partial charge is 0.459 e. The number of furan rings is 1. The van der Waals surface area contributed by atoms with E-state index in [1.165, 1.54) is 6.26 Å². The molecule has 0 saturated carbocycles. The van der Waals surface area contributed by atoms with Gasteiger partial charge < -0.3 is 15.1 Å². The van der Waals surface area contributed by atoms with Crippen molar-refractivity contribution in [2.24, 2.45) is 0 Å². The average molecular weight is 354 g/mol. The van der Waals surface area contributed by atoms with Crippen LogP contribution in [0, 0.1) is 6.92 Å². The van der Waals surface area contributed by atoms with E-state index in [0.29, 0.717) is 11.3 Å². The first-order valence-corrected chi connectivity index (χ1v) is 8.72. The molecule has 0 saturated heterocycles. The molecule has 3 rings (SSSR count). The first-order valence-electron chi connectivity index (χ1n) is 7.84. The van der Waals surface area contributed by atoms with Gasteiger partial charge in [0.05, 0.1) is 12.3 Å². The Balaban J connectivity index is 1.74. The summed E-state index contributed by atoms with van der Waals surface area (Å²) >= 11 is 1.60. The summed E-state index contributed by atoms with van der Waals surface area (Å²) in [5.41, 5.74) is 1.93. The molecule has 0 spiro atoms. The molecule has 1 atom stereocenters. The van der Waals surface area contributed by atoms with Crippen LogP contribution in [0.5, 0.6) is 0 Å². The molecule has 0 radical (unpaired) electrons. The van der Waals surface area contributed by atoms with Gasteiger partial charge in [-0.3, -0.25) is 9.59 Å². The van der Waals surface area contributed by atoms with E-state index in [0.717, 1.165) is 10.4 Å². The van der Waals surface area contributed by atoms with Gasteiger partial charge in [-0.1, -0.05) is 12.1 Å². The number of rotatable bonds is 5. The minimum Gasteiger partial charge on any atom is -0.459 e. The SMILES string of the molecule is Cc1ccc(C(=O)NC(C)c2cccs2)cc1NC(=O)c1ccco1. The van der Waals surface area contributed by atoms with Crippen molar-refractivity contribution in [3.05, 3.63) is 75.9 Å². The molecule has 5 nitrogen and oxygen atoms in total. The van der Waals surface area contributed by atoms with Gasteiger partial charge in [-0.2, -0.15) is 0 Å². The average Bonchev–Trinajstić information content (AvgIpc) is 3.30. The number of amides is 2. The maximum atomic E-state index is 12.5. The van der Waals surface area contributed by atoms with E-state index in [1.54, 1.807) is 35.6 Å². The van der Waals surface area contributed by atoms with E-state index in [2.05, 4.69) is 10.6 Å². The Hall–Kier alpha value is -2.86. The zero-order valence-corrected chi connectivity index (χ0v) is 14.7. The highest BCUT2D eigenvalue weighted by atomic mass is 32.1. The Kier molecular flexibility index (Phi) is 5.00. The molecule has 25 heavy (non-hydrogen) atoms. The van der Waals surface area contributed by atoms with Crippen LogP contribution in [-0.2, 0) is 0 Å². The van der Waals surface area contributed by atoms with Crippen LogP contribution in [0.1, 0.15) is 44.3 Å². The highest BCUT2D eigenvalue weighted by Crippen LogP contribution is 2.21. The van der Waals surface area contributed by atoms with E-state index in [9.17, 15) is 9.59 Å². The van der Waals surface area contributed by atoms with Gasteiger partial charge in [-0.15, -0.1) is 11.3 Å². The summed E-state index contributed by atoms with van der Waals surface area (Å²) in [4.78, 5) is 25.7. The van der Waals surface area contributed by atoms with Gasteiger partial charge in [0.15, 0.2) is 5.76 Å². The van der Waals surface area contributed by atoms with Crippen LogP contribution >= 0.6 is 11.3 Å². The monoisotopic (exact) mass is 354 g/mol. The minimum atomic E-state index is -0.349. The lowest BCUT2D eigenvalue weighted by Crippen LogP contribution is -2.26. The fraction of sp³-hybridized carbons (Fsp3) is 0.158. The Morgan fingerprint density at radius 1 is 1.12 bits per heavy atom. The molecule has 6 heteroatoms. The number of hydrogen-bond donors (Lipinski definition) is 2. The third-order valence-electron chi connectivity index (χ3n) is 3.81. The third-order valence-corrected chi connectivity index (χ3v) is 4.87. The molecule has 2 amide bonds. The second-order valence-electron chi connectivity index (χ2n) is 5.67. The van der Waals surface area contributed by atoms with Crippen molar-refractivity contribution in [3.8, 4) is 0 Å². The van der Waals surface area contributed by atoms with E-state index < -0.39 is 0 Å². The maximum absolute atomic E-state index is 12.5. The summed E-state index contributed by atoms with van der Waals surface area (Å²) < 4.78 is 5.09. The van der Waals surface area contributed by atoms with E-state index >= 15 is 0 Å².